The third-order valence-corrected chi connectivity index (χ3v) is 3.08. The van der Waals surface area contributed by atoms with Crippen molar-refractivity contribution in [3.8, 4) is 0 Å². The first-order valence-corrected chi connectivity index (χ1v) is 6.06. The quantitative estimate of drug-likeness (QED) is 0.782. The molecule has 7 heteroatoms. The molecule has 98 valence electrons. The number of alkyl halides is 2. The van der Waals surface area contributed by atoms with Gasteiger partial charge in [-0.2, -0.15) is 0 Å². The lowest BCUT2D eigenvalue weighted by Crippen LogP contribution is -2.42. The monoisotopic (exact) mass is 369 g/mol. The van der Waals surface area contributed by atoms with Crippen molar-refractivity contribution < 1.29 is 23.5 Å². The molecular weight excluding hydrogens is 359 g/mol. The van der Waals surface area contributed by atoms with Crippen LogP contribution in [0.1, 0.15) is 16.8 Å². The second-order valence-electron chi connectivity index (χ2n) is 3.47. The van der Waals surface area contributed by atoms with E-state index in [0.717, 1.165) is 0 Å². The third-order valence-electron chi connectivity index (χ3n) is 2.14. The lowest BCUT2D eigenvalue weighted by atomic mass is 10.1. The summed E-state index contributed by atoms with van der Waals surface area (Å²) in [6.07, 6.45) is -3.70. The van der Waals surface area contributed by atoms with Gasteiger partial charge in [-0.05, 0) is 34.7 Å². The van der Waals surface area contributed by atoms with Gasteiger partial charge in [0.25, 0.3) is 5.91 Å². The molecule has 1 atom stereocenters. The van der Waals surface area contributed by atoms with Crippen LogP contribution < -0.4 is 5.32 Å². The van der Waals surface area contributed by atoms with E-state index in [1.807, 2.05) is 22.6 Å². The molecule has 0 aliphatic heterocycles. The second kappa shape index (κ2) is 6.62. The van der Waals surface area contributed by atoms with Crippen LogP contribution in [0.2, 0.25) is 0 Å². The number of carboxylic acids is 1. The molecule has 0 aromatic heterocycles. The van der Waals surface area contributed by atoms with Crippen molar-refractivity contribution in [2.24, 2.45) is 0 Å². The average Bonchev–Trinajstić information content (AvgIpc) is 2.27. The minimum Gasteiger partial charge on any atom is -0.480 e. The highest BCUT2D eigenvalue weighted by molar-refractivity contribution is 14.1. The molecule has 1 amide bonds. The van der Waals surface area contributed by atoms with Crippen molar-refractivity contribution in [3.63, 3.8) is 0 Å². The molecule has 0 radical (unpaired) electrons. The van der Waals surface area contributed by atoms with Gasteiger partial charge in [0.15, 0.2) is 0 Å². The molecule has 1 aromatic rings. The molecule has 0 spiro atoms. The van der Waals surface area contributed by atoms with Gasteiger partial charge in [-0.15, -0.1) is 0 Å². The van der Waals surface area contributed by atoms with Crippen molar-refractivity contribution >= 4 is 34.5 Å². The maximum Gasteiger partial charge on any atom is 0.326 e. The summed E-state index contributed by atoms with van der Waals surface area (Å²) in [7, 11) is 0. The van der Waals surface area contributed by atoms with Gasteiger partial charge in [-0.1, -0.05) is 12.1 Å². The van der Waals surface area contributed by atoms with Crippen LogP contribution in [0.3, 0.4) is 0 Å². The van der Waals surface area contributed by atoms with E-state index in [4.69, 9.17) is 5.11 Å². The Morgan fingerprint density at radius 3 is 2.44 bits per heavy atom. The number of carbonyl (C=O) groups excluding carboxylic acids is 1. The molecule has 0 saturated carbocycles. The van der Waals surface area contributed by atoms with Crippen LogP contribution in [0.5, 0.6) is 0 Å². The predicted octanol–water partition coefficient (Wildman–Crippen LogP) is 2.13. The SMILES string of the molecule is O=C(NC(CC(F)F)C(=O)O)c1ccccc1I. The Balaban J connectivity index is 2.79. The molecule has 2 N–H and O–H groups in total. The normalized spacial score (nSPS) is 12.2. The number of hydrogen-bond donors (Lipinski definition) is 2. The summed E-state index contributed by atoms with van der Waals surface area (Å²) in [5.41, 5.74) is 0.263. The Hall–Kier alpha value is -1.25. The van der Waals surface area contributed by atoms with Gasteiger partial charge in [0.05, 0.1) is 5.56 Å². The fraction of sp³-hybridized carbons (Fsp3) is 0.273. The number of nitrogens with one attached hydrogen (secondary N) is 1. The number of benzene rings is 1. The van der Waals surface area contributed by atoms with E-state index >= 15 is 0 Å². The minimum absolute atomic E-state index is 0.263. The van der Waals surface area contributed by atoms with Crippen molar-refractivity contribution in [2.75, 3.05) is 0 Å². The highest BCUT2D eigenvalue weighted by Gasteiger charge is 2.25. The van der Waals surface area contributed by atoms with Crippen molar-refractivity contribution in [1.82, 2.24) is 5.32 Å². The topological polar surface area (TPSA) is 66.4 Å². The summed E-state index contributed by atoms with van der Waals surface area (Å²) < 4.78 is 24.9. The molecule has 4 nitrogen and oxygen atoms in total. The molecule has 1 unspecified atom stereocenters. The van der Waals surface area contributed by atoms with Crippen molar-refractivity contribution in [2.45, 2.75) is 18.9 Å². The fourth-order valence-corrected chi connectivity index (χ4v) is 1.91. The summed E-state index contributed by atoms with van der Waals surface area (Å²) in [5, 5.41) is 10.8. The Bertz CT molecular complexity index is 454. The first-order valence-electron chi connectivity index (χ1n) is 4.98. The second-order valence-corrected chi connectivity index (χ2v) is 4.63. The van der Waals surface area contributed by atoms with E-state index in [1.165, 1.54) is 6.07 Å². The Kier molecular flexibility index (Phi) is 5.45. The van der Waals surface area contributed by atoms with E-state index < -0.39 is 30.8 Å². The van der Waals surface area contributed by atoms with Gasteiger partial charge in [-0.3, -0.25) is 4.79 Å². The first kappa shape index (κ1) is 14.8. The number of carbonyl (C=O) groups is 2. The zero-order chi connectivity index (χ0) is 13.7. The van der Waals surface area contributed by atoms with Crippen LogP contribution in [-0.4, -0.2) is 29.5 Å². The van der Waals surface area contributed by atoms with E-state index in [1.54, 1.807) is 18.2 Å². The van der Waals surface area contributed by atoms with E-state index in [2.05, 4.69) is 5.32 Å². The van der Waals surface area contributed by atoms with Gasteiger partial charge in [0, 0.05) is 9.99 Å². The highest BCUT2D eigenvalue weighted by Crippen LogP contribution is 2.12. The summed E-state index contributed by atoms with van der Waals surface area (Å²) in [5.74, 6) is -2.15. The Morgan fingerprint density at radius 1 is 1.33 bits per heavy atom. The molecule has 0 saturated heterocycles. The Morgan fingerprint density at radius 2 is 1.94 bits per heavy atom. The zero-order valence-electron chi connectivity index (χ0n) is 9.07. The number of rotatable bonds is 5. The van der Waals surface area contributed by atoms with E-state index in [0.29, 0.717) is 3.57 Å². The van der Waals surface area contributed by atoms with E-state index in [9.17, 15) is 18.4 Å². The Labute approximate surface area is 116 Å². The van der Waals surface area contributed by atoms with Gasteiger partial charge < -0.3 is 10.4 Å². The maximum absolute atomic E-state index is 12.2. The van der Waals surface area contributed by atoms with Crippen LogP contribution in [0.15, 0.2) is 24.3 Å². The standard InChI is InChI=1S/C11H10F2INO3/c12-9(13)5-8(11(17)18)15-10(16)6-3-1-2-4-7(6)14/h1-4,8-9H,5H2,(H,15,16)(H,17,18). The minimum atomic E-state index is -2.79. The number of hydrogen-bond acceptors (Lipinski definition) is 2. The van der Waals surface area contributed by atoms with Crippen LogP contribution >= 0.6 is 22.6 Å². The average molecular weight is 369 g/mol. The van der Waals surface area contributed by atoms with Crippen molar-refractivity contribution in [1.29, 1.82) is 0 Å². The first-order chi connectivity index (χ1) is 8.41. The summed E-state index contributed by atoms with van der Waals surface area (Å²) in [4.78, 5) is 22.5. The fourth-order valence-electron chi connectivity index (χ4n) is 1.28. The lowest BCUT2D eigenvalue weighted by molar-refractivity contribution is -0.140. The van der Waals surface area contributed by atoms with Crippen LogP contribution in [0.4, 0.5) is 8.78 Å². The smallest absolute Gasteiger partial charge is 0.326 e. The molecule has 0 aliphatic rings. The summed E-state index contributed by atoms with van der Waals surface area (Å²) in [6, 6.07) is 4.90. The molecular formula is C11H10F2INO3. The molecule has 0 aliphatic carbocycles. The van der Waals surface area contributed by atoms with Crippen LogP contribution in [0.25, 0.3) is 0 Å². The van der Waals surface area contributed by atoms with E-state index in [-0.39, 0.29) is 5.56 Å². The summed E-state index contributed by atoms with van der Waals surface area (Å²) in [6.45, 7) is 0. The number of carboxylic acid groups (broad SMARTS) is 1. The van der Waals surface area contributed by atoms with Crippen molar-refractivity contribution in [3.05, 3.63) is 33.4 Å². The van der Waals surface area contributed by atoms with Gasteiger partial charge in [-0.25, -0.2) is 13.6 Å². The summed E-state index contributed by atoms with van der Waals surface area (Å²) >= 11 is 1.91. The number of amides is 1. The molecule has 1 aromatic carbocycles. The number of aliphatic carboxylic acids is 1. The maximum atomic E-state index is 12.2. The largest absolute Gasteiger partial charge is 0.480 e. The molecule has 0 heterocycles. The highest BCUT2D eigenvalue weighted by atomic mass is 127. The lowest BCUT2D eigenvalue weighted by Gasteiger charge is -2.14. The molecule has 18 heavy (non-hydrogen) atoms. The van der Waals surface area contributed by atoms with Gasteiger partial charge >= 0.3 is 5.97 Å². The molecule has 1 rings (SSSR count). The van der Waals surface area contributed by atoms with Crippen LogP contribution in [-0.2, 0) is 4.79 Å². The third kappa shape index (κ3) is 4.21. The molecule has 0 bridgehead atoms. The number of halogens is 3. The van der Waals surface area contributed by atoms with Crippen LogP contribution in [0, 0.1) is 3.57 Å². The molecule has 0 fully saturated rings. The predicted molar refractivity (Wildman–Crippen MR) is 68.7 cm³/mol. The van der Waals surface area contributed by atoms with Gasteiger partial charge in [0.1, 0.15) is 6.04 Å². The van der Waals surface area contributed by atoms with Gasteiger partial charge in [0.2, 0.25) is 6.43 Å². The zero-order valence-corrected chi connectivity index (χ0v) is 11.2.